The van der Waals surface area contributed by atoms with Gasteiger partial charge in [-0.2, -0.15) is 0 Å². The Balaban J connectivity index is 1.19. The summed E-state index contributed by atoms with van der Waals surface area (Å²) in [6.07, 6.45) is 5.59. The molecule has 9 rings (SSSR count). The number of carboxylic acid groups (broad SMARTS) is 1. The number of nitrogens with zero attached hydrogens (tertiary/aromatic N) is 1. The third kappa shape index (κ3) is 7.21. The highest BCUT2D eigenvalue weighted by Gasteiger charge is 2.74. The summed E-state index contributed by atoms with van der Waals surface area (Å²) < 4.78 is 12.6. The van der Waals surface area contributed by atoms with Gasteiger partial charge in [0, 0.05) is 35.9 Å². The van der Waals surface area contributed by atoms with Crippen LogP contribution in [0.3, 0.4) is 0 Å². The molecule has 0 unspecified atom stereocenters. The number of fused-ring (bicyclic) bond motifs is 7. The molecule has 8 aliphatic rings. The van der Waals surface area contributed by atoms with Crippen LogP contribution in [0.25, 0.3) is 0 Å². The van der Waals surface area contributed by atoms with Crippen LogP contribution in [0.4, 0.5) is 0 Å². The van der Waals surface area contributed by atoms with Gasteiger partial charge in [0.25, 0.3) is 0 Å². The number of amides is 1. The van der Waals surface area contributed by atoms with Crippen LogP contribution in [0.15, 0.2) is 24.2 Å². The van der Waals surface area contributed by atoms with E-state index >= 15 is 0 Å². The number of nitrogens with one attached hydrogen (secondary N) is 2. The third-order valence-electron chi connectivity index (χ3n) is 21.6. The lowest BCUT2D eigenvalue weighted by atomic mass is 9.31. The molecule has 5 saturated carbocycles. The third-order valence-corrected chi connectivity index (χ3v) is 21.6. The Morgan fingerprint density at radius 2 is 1.64 bits per heavy atom. The number of carboxylic acids is 1. The zero-order valence-electron chi connectivity index (χ0n) is 40.3. The van der Waals surface area contributed by atoms with E-state index in [9.17, 15) is 50.4 Å². The van der Waals surface area contributed by atoms with Crippen molar-refractivity contribution in [1.29, 1.82) is 0 Å². The van der Waals surface area contributed by atoms with Crippen molar-refractivity contribution in [3.8, 4) is 0 Å². The number of H-pyrrole nitrogens is 1. The van der Waals surface area contributed by atoms with Crippen LogP contribution in [0.1, 0.15) is 143 Å². The maximum absolute atomic E-state index is 14.7. The number of carbonyl (C=O) groups is 2. The fourth-order valence-corrected chi connectivity index (χ4v) is 17.4. The smallest absolute Gasteiger partial charge is 0.310 e. The SMILES string of the molecule is C[C@]1(CO)CC[C@]2(C(=O)O)CC[C@]3(C)C(=CC[C@@H]4[C@@]5(C)[C@H](C[C@H]6[C@H]([C@H](CC[C@@H](N)O)c7cnc[nH]7)NC(=O)C67CCCC7)[C@@H](O)[C@@H](O[C@@H]6OC[C@@H](O)[C@H](O)[C@H]6O)[C@@](C)(CO)[C@H]5CC[C@]43C)[C@@H]2C1. The van der Waals surface area contributed by atoms with Crippen molar-refractivity contribution in [1.82, 2.24) is 15.3 Å². The second kappa shape index (κ2) is 17.4. The van der Waals surface area contributed by atoms with Crippen LogP contribution in [-0.4, -0.2) is 132 Å². The molecule has 2 saturated heterocycles. The number of aliphatic hydroxyl groups excluding tert-OH is 7. The Labute approximate surface area is 394 Å². The number of aliphatic hydroxyl groups is 7. The average molecular weight is 941 g/mol. The van der Waals surface area contributed by atoms with E-state index in [4.69, 9.17) is 15.2 Å². The maximum Gasteiger partial charge on any atom is 0.310 e. The minimum atomic E-state index is -1.63. The monoisotopic (exact) mass is 941 g/mol. The van der Waals surface area contributed by atoms with Gasteiger partial charge in [-0.15, -0.1) is 0 Å². The molecule has 16 heteroatoms. The van der Waals surface area contributed by atoms with E-state index in [0.29, 0.717) is 70.6 Å². The van der Waals surface area contributed by atoms with Gasteiger partial charge in [-0.1, -0.05) is 59.1 Å². The molecule has 67 heavy (non-hydrogen) atoms. The molecule has 20 atom stereocenters. The molecule has 2 aliphatic heterocycles. The lowest BCUT2D eigenvalue weighted by Crippen LogP contribution is -2.72. The number of ether oxygens (including phenoxy) is 2. The molecule has 0 aromatic carbocycles. The van der Waals surface area contributed by atoms with Gasteiger partial charge in [0.1, 0.15) is 24.5 Å². The second-order valence-electron chi connectivity index (χ2n) is 24.4. The first-order valence-electron chi connectivity index (χ1n) is 25.5. The highest BCUT2D eigenvalue weighted by Crippen LogP contribution is 2.77. The Morgan fingerprint density at radius 1 is 0.925 bits per heavy atom. The number of aromatic amines is 1. The first-order chi connectivity index (χ1) is 31.6. The van der Waals surface area contributed by atoms with E-state index in [2.05, 4.69) is 49.1 Å². The summed E-state index contributed by atoms with van der Waals surface area (Å²) >= 11 is 0. The Kier molecular flexibility index (Phi) is 12.8. The standard InChI is InChI=1S/C51H80N4O12/c1-45(24-56)16-18-51(44(64)65)19-17-47(3)28(31(51)21-45)9-10-35-48(47,4)15-12-34-46(2,25-57)41(67-42-40(62)39(61)33(58)23-66-42)38(60)30(49(34,35)5)20-29-37(55-43(63)50(29)13-6-7-14-50)27(8-11-36(52)59)32-22-53-26-54-32/h9,22,26-27,29-31,33-42,56-62H,6-8,10-21,23-25,52H2,1-5H3,(H,53,54)(H,55,63)(H,64,65)/t27-,29+,30-,31+,33-,34-,35+,36+,37+,38-,39+,40-,41-,42+,45+,46+,47-,48-,49+,51+/m1/s1. The van der Waals surface area contributed by atoms with E-state index in [0.717, 1.165) is 25.0 Å². The van der Waals surface area contributed by atoms with Crippen molar-refractivity contribution in [2.24, 2.45) is 73.2 Å². The largest absolute Gasteiger partial charge is 0.481 e. The van der Waals surface area contributed by atoms with Crippen LogP contribution in [-0.2, 0) is 19.1 Å². The molecular weight excluding hydrogens is 861 g/mol. The van der Waals surface area contributed by atoms with Crippen LogP contribution in [0, 0.1) is 67.5 Å². The molecule has 1 spiro atoms. The molecule has 16 nitrogen and oxygen atoms in total. The van der Waals surface area contributed by atoms with E-state index in [1.807, 2.05) is 6.92 Å². The fourth-order valence-electron chi connectivity index (χ4n) is 17.4. The van der Waals surface area contributed by atoms with Crippen molar-refractivity contribution < 1.29 is 59.9 Å². The van der Waals surface area contributed by atoms with Crippen molar-refractivity contribution in [3.63, 3.8) is 0 Å². The van der Waals surface area contributed by atoms with Crippen LogP contribution in [0.2, 0.25) is 0 Å². The van der Waals surface area contributed by atoms with Crippen LogP contribution < -0.4 is 11.1 Å². The molecule has 3 heterocycles. The molecule has 1 aromatic heterocycles. The number of allylic oxidation sites excluding steroid dienone is 2. The molecule has 1 amide bonds. The summed E-state index contributed by atoms with van der Waals surface area (Å²) in [5.74, 6) is -2.48. The van der Waals surface area contributed by atoms with Crippen molar-refractivity contribution >= 4 is 11.9 Å². The quantitative estimate of drug-likeness (QED) is 0.0814. The van der Waals surface area contributed by atoms with E-state index < -0.39 is 98.9 Å². The summed E-state index contributed by atoms with van der Waals surface area (Å²) in [5, 5.41) is 93.3. The van der Waals surface area contributed by atoms with Gasteiger partial charge in [-0.05, 0) is 135 Å². The zero-order chi connectivity index (χ0) is 48.3. The first kappa shape index (κ1) is 49.5. The first-order valence-corrected chi connectivity index (χ1v) is 25.5. The molecule has 1 aromatic rings. The summed E-state index contributed by atoms with van der Waals surface area (Å²) in [5.41, 5.74) is 3.29. The lowest BCUT2D eigenvalue weighted by Gasteiger charge is -2.73. The molecular formula is C51H80N4O12. The lowest BCUT2D eigenvalue weighted by molar-refractivity contribution is -0.340. The number of aromatic nitrogens is 2. The van der Waals surface area contributed by atoms with Crippen LogP contribution in [0.5, 0.6) is 0 Å². The number of imidazole rings is 1. The summed E-state index contributed by atoms with van der Waals surface area (Å²) in [6.45, 7) is 10.4. The molecule has 6 aliphatic carbocycles. The van der Waals surface area contributed by atoms with E-state index in [-0.39, 0.29) is 61.7 Å². The minimum absolute atomic E-state index is 0.0110. The minimum Gasteiger partial charge on any atom is -0.481 e. The topological polar surface area (TPSA) is 281 Å². The Bertz CT molecular complexity index is 2030. The van der Waals surface area contributed by atoms with Crippen molar-refractivity contribution in [3.05, 3.63) is 29.9 Å². The summed E-state index contributed by atoms with van der Waals surface area (Å²) in [6, 6.07) is -0.412. The average Bonchev–Trinajstić information content (AvgIpc) is 4.07. The van der Waals surface area contributed by atoms with E-state index in [1.54, 1.807) is 12.5 Å². The number of hydrogen-bond acceptors (Lipinski definition) is 13. The summed E-state index contributed by atoms with van der Waals surface area (Å²) in [7, 11) is 0. The number of carbonyl (C=O) groups excluding carboxylic acids is 1. The van der Waals surface area contributed by atoms with E-state index in [1.165, 1.54) is 5.57 Å². The molecule has 0 bridgehead atoms. The van der Waals surface area contributed by atoms with Gasteiger partial charge in [-0.3, -0.25) is 9.59 Å². The zero-order valence-corrected chi connectivity index (χ0v) is 40.3. The normalized spacial score (nSPS) is 48.9. The van der Waals surface area contributed by atoms with Crippen molar-refractivity contribution in [2.45, 2.75) is 186 Å². The predicted molar refractivity (Wildman–Crippen MR) is 244 cm³/mol. The van der Waals surface area contributed by atoms with Gasteiger partial charge in [0.2, 0.25) is 5.91 Å². The summed E-state index contributed by atoms with van der Waals surface area (Å²) in [4.78, 5) is 35.9. The molecule has 0 radical (unpaired) electrons. The van der Waals surface area contributed by atoms with Gasteiger partial charge < -0.3 is 66.4 Å². The molecule has 12 N–H and O–H groups in total. The van der Waals surface area contributed by atoms with Gasteiger partial charge >= 0.3 is 5.97 Å². The highest BCUT2D eigenvalue weighted by molar-refractivity contribution is 5.86. The number of hydrogen-bond donors (Lipinski definition) is 11. The number of aliphatic carboxylic acids is 1. The van der Waals surface area contributed by atoms with Crippen molar-refractivity contribution in [2.75, 3.05) is 19.8 Å². The maximum atomic E-state index is 14.7. The number of nitrogens with two attached hydrogens (primary N) is 1. The molecule has 376 valence electrons. The van der Waals surface area contributed by atoms with Gasteiger partial charge in [-0.25, -0.2) is 4.98 Å². The van der Waals surface area contributed by atoms with Gasteiger partial charge in [0.15, 0.2) is 6.29 Å². The predicted octanol–water partition coefficient (Wildman–Crippen LogP) is 3.47. The Morgan fingerprint density at radius 3 is 2.28 bits per heavy atom. The van der Waals surface area contributed by atoms with Gasteiger partial charge in [0.05, 0.1) is 42.6 Å². The van der Waals surface area contributed by atoms with Crippen LogP contribution >= 0.6 is 0 Å². The second-order valence-corrected chi connectivity index (χ2v) is 24.4. The Hall–Kier alpha value is -2.51. The number of rotatable bonds is 12. The highest BCUT2D eigenvalue weighted by atomic mass is 16.7. The fraction of sp³-hybridized carbons (Fsp3) is 0.863. The molecule has 7 fully saturated rings.